The molecule has 2 N–H and O–H groups in total. The molecular weight excluding hydrogens is 376 g/mol. The molecule has 8 heteroatoms. The fourth-order valence-corrected chi connectivity index (χ4v) is 2.52. The standard InChI is InChI=1S/C21H30N2O6/c1-14(15-9-7-6-8-10-15)22-17(24)11-12-18(25)23-16(20(27)28-5)13-19(26)29-21(2,3)4/h6-10,14,16H,11-13H2,1-5H3,(H,22,24)(H,23,25)/t14-,16+/m1/s1. The molecule has 1 aromatic carbocycles. The molecule has 160 valence electrons. The number of carbonyl (C=O) groups excluding carboxylic acids is 4. The molecule has 0 aromatic heterocycles. The summed E-state index contributed by atoms with van der Waals surface area (Å²) in [6, 6.07) is 8.07. The van der Waals surface area contributed by atoms with Crippen LogP contribution in [-0.4, -0.2) is 42.5 Å². The summed E-state index contributed by atoms with van der Waals surface area (Å²) in [5.41, 5.74) is 0.239. The first-order chi connectivity index (χ1) is 13.5. The third-order valence-corrected chi connectivity index (χ3v) is 3.87. The summed E-state index contributed by atoms with van der Waals surface area (Å²) in [6.45, 7) is 6.95. The monoisotopic (exact) mass is 406 g/mol. The Bertz CT molecular complexity index is 712. The van der Waals surface area contributed by atoms with Crippen molar-refractivity contribution < 1.29 is 28.7 Å². The fourth-order valence-electron chi connectivity index (χ4n) is 2.52. The van der Waals surface area contributed by atoms with Gasteiger partial charge in [0.15, 0.2) is 0 Å². The van der Waals surface area contributed by atoms with Crippen molar-refractivity contribution in [2.75, 3.05) is 7.11 Å². The van der Waals surface area contributed by atoms with Gasteiger partial charge in [0.2, 0.25) is 11.8 Å². The molecule has 0 aliphatic heterocycles. The Morgan fingerprint density at radius 3 is 2.03 bits per heavy atom. The minimum absolute atomic E-state index is 0.0522. The molecule has 0 aliphatic carbocycles. The number of esters is 2. The maximum absolute atomic E-state index is 12.1. The Morgan fingerprint density at radius 2 is 1.52 bits per heavy atom. The lowest BCUT2D eigenvalue weighted by atomic mass is 10.1. The van der Waals surface area contributed by atoms with Gasteiger partial charge in [0, 0.05) is 12.8 Å². The van der Waals surface area contributed by atoms with E-state index in [1.165, 1.54) is 0 Å². The summed E-state index contributed by atoms with van der Waals surface area (Å²) < 4.78 is 9.80. The normalized spacial score (nSPS) is 13.0. The average Bonchev–Trinajstić information content (AvgIpc) is 2.64. The first-order valence-electron chi connectivity index (χ1n) is 9.45. The SMILES string of the molecule is COC(=O)[C@H](CC(=O)OC(C)(C)C)NC(=O)CCC(=O)N[C@H](C)c1ccccc1. The Hall–Kier alpha value is -2.90. The van der Waals surface area contributed by atoms with Gasteiger partial charge in [0.05, 0.1) is 19.6 Å². The molecule has 0 bridgehead atoms. The van der Waals surface area contributed by atoms with Crippen molar-refractivity contribution in [3.63, 3.8) is 0 Å². The van der Waals surface area contributed by atoms with Crippen molar-refractivity contribution in [2.45, 2.75) is 64.6 Å². The van der Waals surface area contributed by atoms with Crippen LogP contribution in [0.5, 0.6) is 0 Å². The van der Waals surface area contributed by atoms with Crippen molar-refractivity contribution in [1.29, 1.82) is 0 Å². The number of nitrogens with one attached hydrogen (secondary N) is 2. The highest BCUT2D eigenvalue weighted by Gasteiger charge is 2.27. The van der Waals surface area contributed by atoms with Crippen molar-refractivity contribution in [1.82, 2.24) is 10.6 Å². The second kappa shape index (κ2) is 11.2. The number of benzene rings is 1. The van der Waals surface area contributed by atoms with Crippen LogP contribution in [0.3, 0.4) is 0 Å². The van der Waals surface area contributed by atoms with E-state index in [4.69, 9.17) is 4.74 Å². The van der Waals surface area contributed by atoms with E-state index < -0.39 is 29.5 Å². The molecule has 8 nitrogen and oxygen atoms in total. The molecule has 29 heavy (non-hydrogen) atoms. The van der Waals surface area contributed by atoms with E-state index in [-0.39, 0.29) is 31.2 Å². The van der Waals surface area contributed by atoms with Crippen LogP contribution < -0.4 is 10.6 Å². The van der Waals surface area contributed by atoms with Crippen LogP contribution in [0, 0.1) is 0 Å². The molecular formula is C21H30N2O6. The second-order valence-electron chi connectivity index (χ2n) is 7.63. The third kappa shape index (κ3) is 9.73. The zero-order valence-electron chi connectivity index (χ0n) is 17.6. The molecule has 0 saturated heterocycles. The van der Waals surface area contributed by atoms with Crippen LogP contribution in [0.25, 0.3) is 0 Å². The predicted octanol–water partition coefficient (Wildman–Crippen LogP) is 2.03. The van der Waals surface area contributed by atoms with Crippen molar-refractivity contribution in [3.05, 3.63) is 35.9 Å². The Labute approximate surface area is 171 Å². The van der Waals surface area contributed by atoms with Crippen LogP contribution in [-0.2, 0) is 28.7 Å². The highest BCUT2D eigenvalue weighted by atomic mass is 16.6. The minimum atomic E-state index is -1.17. The predicted molar refractivity (Wildman–Crippen MR) is 107 cm³/mol. The lowest BCUT2D eigenvalue weighted by molar-refractivity contribution is -0.159. The van der Waals surface area contributed by atoms with Crippen LogP contribution >= 0.6 is 0 Å². The largest absolute Gasteiger partial charge is 0.467 e. The van der Waals surface area contributed by atoms with Gasteiger partial charge in [-0.25, -0.2) is 4.79 Å². The summed E-state index contributed by atoms with van der Waals surface area (Å²) in [7, 11) is 1.16. The number of ether oxygens (including phenoxy) is 2. The summed E-state index contributed by atoms with van der Waals surface area (Å²) in [5, 5.41) is 5.24. The first kappa shape index (κ1) is 24.1. The van der Waals surface area contributed by atoms with Gasteiger partial charge in [0.25, 0.3) is 0 Å². The van der Waals surface area contributed by atoms with Gasteiger partial charge in [-0.05, 0) is 33.3 Å². The summed E-state index contributed by atoms with van der Waals surface area (Å²) in [5.74, 6) is -2.22. The van der Waals surface area contributed by atoms with Crippen molar-refractivity contribution in [2.24, 2.45) is 0 Å². The molecule has 0 saturated carbocycles. The Balaban J connectivity index is 2.52. The topological polar surface area (TPSA) is 111 Å². The van der Waals surface area contributed by atoms with Gasteiger partial charge in [-0.15, -0.1) is 0 Å². The third-order valence-electron chi connectivity index (χ3n) is 3.87. The van der Waals surface area contributed by atoms with Gasteiger partial charge in [-0.2, -0.15) is 0 Å². The molecule has 0 spiro atoms. The maximum atomic E-state index is 12.1. The maximum Gasteiger partial charge on any atom is 0.328 e. The van der Waals surface area contributed by atoms with E-state index >= 15 is 0 Å². The van der Waals surface area contributed by atoms with Gasteiger partial charge >= 0.3 is 11.9 Å². The van der Waals surface area contributed by atoms with E-state index in [1.54, 1.807) is 20.8 Å². The number of amides is 2. The van der Waals surface area contributed by atoms with E-state index in [9.17, 15) is 19.2 Å². The minimum Gasteiger partial charge on any atom is -0.467 e. The highest BCUT2D eigenvalue weighted by Crippen LogP contribution is 2.12. The smallest absolute Gasteiger partial charge is 0.328 e. The lowest BCUT2D eigenvalue weighted by Crippen LogP contribution is -2.44. The number of methoxy groups -OCH3 is 1. The summed E-state index contributed by atoms with van der Waals surface area (Å²) in [6.07, 6.45) is -0.536. The lowest BCUT2D eigenvalue weighted by Gasteiger charge is -2.22. The van der Waals surface area contributed by atoms with E-state index in [0.29, 0.717) is 0 Å². The van der Waals surface area contributed by atoms with Gasteiger partial charge in [-0.1, -0.05) is 30.3 Å². The van der Waals surface area contributed by atoms with Gasteiger partial charge in [0.1, 0.15) is 11.6 Å². The Kier molecular flexibility index (Phi) is 9.31. The Morgan fingerprint density at radius 1 is 0.966 bits per heavy atom. The number of carbonyl (C=O) groups is 4. The molecule has 0 aliphatic rings. The molecule has 0 unspecified atom stereocenters. The molecule has 0 radical (unpaired) electrons. The van der Waals surface area contributed by atoms with Gasteiger partial charge < -0.3 is 20.1 Å². The molecule has 0 fully saturated rings. The van der Waals surface area contributed by atoms with E-state index in [1.807, 2.05) is 37.3 Å². The molecule has 2 amide bonds. The van der Waals surface area contributed by atoms with E-state index in [2.05, 4.69) is 15.4 Å². The van der Waals surface area contributed by atoms with Crippen molar-refractivity contribution >= 4 is 23.8 Å². The average molecular weight is 406 g/mol. The molecule has 1 rings (SSSR count). The zero-order valence-corrected chi connectivity index (χ0v) is 17.6. The van der Waals surface area contributed by atoms with Crippen LogP contribution in [0.15, 0.2) is 30.3 Å². The zero-order chi connectivity index (χ0) is 22.0. The number of hydrogen-bond donors (Lipinski definition) is 2. The molecule has 1 aromatic rings. The molecule has 2 atom stereocenters. The van der Waals surface area contributed by atoms with Crippen LogP contribution in [0.2, 0.25) is 0 Å². The highest BCUT2D eigenvalue weighted by molar-refractivity contribution is 5.89. The molecule has 0 heterocycles. The first-order valence-corrected chi connectivity index (χ1v) is 9.45. The quantitative estimate of drug-likeness (QED) is 0.607. The van der Waals surface area contributed by atoms with Gasteiger partial charge in [-0.3, -0.25) is 14.4 Å². The number of hydrogen-bond acceptors (Lipinski definition) is 6. The fraction of sp³-hybridized carbons (Fsp3) is 0.524. The van der Waals surface area contributed by atoms with Crippen molar-refractivity contribution in [3.8, 4) is 0 Å². The van der Waals surface area contributed by atoms with Crippen LogP contribution in [0.4, 0.5) is 0 Å². The summed E-state index contributed by atoms with van der Waals surface area (Å²) in [4.78, 5) is 48.0. The summed E-state index contributed by atoms with van der Waals surface area (Å²) >= 11 is 0. The number of rotatable bonds is 9. The van der Waals surface area contributed by atoms with Crippen LogP contribution in [0.1, 0.15) is 58.6 Å². The second-order valence-corrected chi connectivity index (χ2v) is 7.63. The van der Waals surface area contributed by atoms with E-state index in [0.717, 1.165) is 12.7 Å².